The SMILES string of the molecule is CC.Fc1cc2nc(Cl)nc(Cl)c2cc1N1CCOCC1. The number of aromatic nitrogens is 2. The zero-order chi connectivity index (χ0) is 15.4. The third-order valence-corrected chi connectivity index (χ3v) is 3.50. The summed E-state index contributed by atoms with van der Waals surface area (Å²) in [7, 11) is 0. The molecular weight excluding hydrogens is 316 g/mol. The van der Waals surface area contributed by atoms with E-state index in [9.17, 15) is 4.39 Å². The molecular formula is C14H16Cl2FN3O. The average molecular weight is 332 g/mol. The second-order valence-corrected chi connectivity index (χ2v) is 4.90. The minimum atomic E-state index is -0.347. The molecule has 0 radical (unpaired) electrons. The summed E-state index contributed by atoms with van der Waals surface area (Å²) in [6.45, 7) is 6.47. The Morgan fingerprint density at radius 2 is 1.81 bits per heavy atom. The maximum atomic E-state index is 14.1. The number of halogens is 3. The first-order chi connectivity index (χ1) is 10.1. The van der Waals surface area contributed by atoms with Crippen LogP contribution in [-0.4, -0.2) is 36.3 Å². The molecule has 0 spiro atoms. The van der Waals surface area contributed by atoms with E-state index in [2.05, 4.69) is 9.97 Å². The number of hydrogen-bond donors (Lipinski definition) is 0. The smallest absolute Gasteiger partial charge is 0.224 e. The molecule has 1 saturated heterocycles. The fraction of sp³-hybridized carbons (Fsp3) is 0.429. The largest absolute Gasteiger partial charge is 0.378 e. The molecule has 1 aromatic carbocycles. The number of morpholine rings is 1. The first-order valence-corrected chi connectivity index (χ1v) is 7.56. The third kappa shape index (κ3) is 3.54. The third-order valence-electron chi connectivity index (χ3n) is 3.04. The van der Waals surface area contributed by atoms with Crippen LogP contribution >= 0.6 is 23.2 Å². The van der Waals surface area contributed by atoms with E-state index < -0.39 is 0 Å². The summed E-state index contributed by atoms with van der Waals surface area (Å²) in [5.74, 6) is -0.347. The lowest BCUT2D eigenvalue weighted by Gasteiger charge is -2.29. The highest BCUT2D eigenvalue weighted by molar-refractivity contribution is 6.35. The van der Waals surface area contributed by atoms with Gasteiger partial charge in [-0.1, -0.05) is 25.4 Å². The summed E-state index contributed by atoms with van der Waals surface area (Å²) in [5, 5.41) is 0.828. The molecule has 0 N–H and O–H groups in total. The van der Waals surface area contributed by atoms with Crippen LogP contribution in [0.1, 0.15) is 13.8 Å². The lowest BCUT2D eigenvalue weighted by Crippen LogP contribution is -2.36. The number of ether oxygens (including phenoxy) is 1. The van der Waals surface area contributed by atoms with Crippen molar-refractivity contribution in [2.45, 2.75) is 13.8 Å². The van der Waals surface area contributed by atoms with Gasteiger partial charge < -0.3 is 9.64 Å². The van der Waals surface area contributed by atoms with Crippen LogP contribution < -0.4 is 4.90 Å². The van der Waals surface area contributed by atoms with Gasteiger partial charge in [0.2, 0.25) is 5.28 Å². The maximum Gasteiger partial charge on any atom is 0.224 e. The molecule has 4 nitrogen and oxygen atoms in total. The van der Waals surface area contributed by atoms with E-state index in [1.54, 1.807) is 6.07 Å². The second-order valence-electron chi connectivity index (χ2n) is 4.20. The molecule has 2 heterocycles. The van der Waals surface area contributed by atoms with Crippen molar-refractivity contribution >= 4 is 39.8 Å². The molecule has 0 amide bonds. The molecule has 0 saturated carbocycles. The van der Waals surface area contributed by atoms with Gasteiger partial charge in [0.1, 0.15) is 11.0 Å². The monoisotopic (exact) mass is 331 g/mol. The highest BCUT2D eigenvalue weighted by Gasteiger charge is 2.17. The Bertz CT molecular complexity index is 633. The fourth-order valence-electron chi connectivity index (χ4n) is 2.12. The van der Waals surface area contributed by atoms with Crippen LogP contribution in [0.3, 0.4) is 0 Å². The zero-order valence-electron chi connectivity index (χ0n) is 11.9. The quantitative estimate of drug-likeness (QED) is 0.586. The van der Waals surface area contributed by atoms with Crippen molar-refractivity contribution in [3.8, 4) is 0 Å². The van der Waals surface area contributed by atoms with Crippen LogP contribution in [0.15, 0.2) is 12.1 Å². The highest BCUT2D eigenvalue weighted by Crippen LogP contribution is 2.29. The Morgan fingerprint density at radius 1 is 1.14 bits per heavy atom. The van der Waals surface area contributed by atoms with Crippen LogP contribution in [0.4, 0.5) is 10.1 Å². The molecule has 0 unspecified atom stereocenters. The van der Waals surface area contributed by atoms with Gasteiger partial charge in [0.25, 0.3) is 0 Å². The number of benzene rings is 1. The Morgan fingerprint density at radius 3 is 2.48 bits per heavy atom. The molecule has 0 atom stereocenters. The van der Waals surface area contributed by atoms with Crippen molar-refractivity contribution in [2.24, 2.45) is 0 Å². The van der Waals surface area contributed by atoms with E-state index in [-0.39, 0.29) is 16.3 Å². The number of anilines is 1. The van der Waals surface area contributed by atoms with Crippen molar-refractivity contribution in [2.75, 3.05) is 31.2 Å². The predicted octanol–water partition coefficient (Wildman–Crippen LogP) is 3.94. The lowest BCUT2D eigenvalue weighted by atomic mass is 10.2. The van der Waals surface area contributed by atoms with Gasteiger partial charge in [-0.05, 0) is 17.7 Å². The molecule has 7 heteroatoms. The molecule has 0 aliphatic carbocycles. The van der Waals surface area contributed by atoms with Crippen molar-refractivity contribution in [3.05, 3.63) is 28.4 Å². The van der Waals surface area contributed by atoms with Crippen molar-refractivity contribution in [3.63, 3.8) is 0 Å². The van der Waals surface area contributed by atoms with Gasteiger partial charge in [0.15, 0.2) is 0 Å². The summed E-state index contributed by atoms with van der Waals surface area (Å²) < 4.78 is 19.4. The fourth-order valence-corrected chi connectivity index (χ4v) is 2.57. The van der Waals surface area contributed by atoms with Crippen LogP contribution in [0.5, 0.6) is 0 Å². The Balaban J connectivity index is 0.000000774. The molecule has 0 bridgehead atoms. The van der Waals surface area contributed by atoms with Crippen LogP contribution in [0.2, 0.25) is 10.4 Å². The molecule has 1 fully saturated rings. The Kier molecular flexibility index (Phi) is 5.56. The van der Waals surface area contributed by atoms with Crippen molar-refractivity contribution < 1.29 is 9.13 Å². The maximum absolute atomic E-state index is 14.1. The minimum absolute atomic E-state index is 0.0102. The van der Waals surface area contributed by atoms with Gasteiger partial charge in [-0.3, -0.25) is 0 Å². The number of hydrogen-bond acceptors (Lipinski definition) is 4. The van der Waals surface area contributed by atoms with Crippen molar-refractivity contribution in [1.29, 1.82) is 0 Å². The summed E-state index contributed by atoms with van der Waals surface area (Å²) in [6, 6.07) is 2.99. The minimum Gasteiger partial charge on any atom is -0.378 e. The number of rotatable bonds is 1. The average Bonchev–Trinajstić information content (AvgIpc) is 2.49. The summed E-state index contributed by atoms with van der Waals surface area (Å²) >= 11 is 11.7. The lowest BCUT2D eigenvalue weighted by molar-refractivity contribution is 0.122. The van der Waals surface area contributed by atoms with Crippen LogP contribution in [0.25, 0.3) is 10.9 Å². The van der Waals surface area contributed by atoms with Gasteiger partial charge in [0.05, 0.1) is 24.4 Å². The second kappa shape index (κ2) is 7.20. The summed E-state index contributed by atoms with van der Waals surface area (Å²) in [6.07, 6.45) is 0. The number of fused-ring (bicyclic) bond motifs is 1. The van der Waals surface area contributed by atoms with E-state index in [0.29, 0.717) is 42.9 Å². The Labute approximate surface area is 132 Å². The van der Waals surface area contributed by atoms with Gasteiger partial charge >= 0.3 is 0 Å². The van der Waals surface area contributed by atoms with Gasteiger partial charge in [-0.2, -0.15) is 0 Å². The number of nitrogens with zero attached hydrogens (tertiary/aromatic N) is 3. The highest BCUT2D eigenvalue weighted by atomic mass is 35.5. The van der Waals surface area contributed by atoms with E-state index in [4.69, 9.17) is 27.9 Å². The van der Waals surface area contributed by atoms with Crippen molar-refractivity contribution in [1.82, 2.24) is 9.97 Å². The topological polar surface area (TPSA) is 38.2 Å². The van der Waals surface area contributed by atoms with E-state index in [0.717, 1.165) is 0 Å². The molecule has 2 aromatic rings. The zero-order valence-corrected chi connectivity index (χ0v) is 13.4. The summed E-state index contributed by atoms with van der Waals surface area (Å²) in [4.78, 5) is 9.76. The van der Waals surface area contributed by atoms with Crippen LogP contribution in [0, 0.1) is 5.82 Å². The molecule has 1 aliphatic heterocycles. The normalized spacial score (nSPS) is 14.8. The Hall–Kier alpha value is -1.17. The van der Waals surface area contributed by atoms with Gasteiger partial charge in [-0.25, -0.2) is 14.4 Å². The predicted molar refractivity (Wildman–Crippen MR) is 83.9 cm³/mol. The molecule has 114 valence electrons. The van der Waals surface area contributed by atoms with E-state index in [1.807, 2.05) is 18.7 Å². The van der Waals surface area contributed by atoms with Crippen LogP contribution in [-0.2, 0) is 4.74 Å². The molecule has 21 heavy (non-hydrogen) atoms. The summed E-state index contributed by atoms with van der Waals surface area (Å²) in [5.41, 5.74) is 0.892. The standard InChI is InChI=1S/C12H10Cl2FN3O.C2H6/c13-11-7-5-10(18-1-3-19-4-2-18)8(15)6-9(7)16-12(14)17-11;1-2/h5-6H,1-4H2;1-2H3. The molecule has 1 aliphatic rings. The van der Waals surface area contributed by atoms with E-state index >= 15 is 0 Å². The first-order valence-electron chi connectivity index (χ1n) is 6.80. The molecule has 3 rings (SSSR count). The first kappa shape index (κ1) is 16.2. The van der Waals surface area contributed by atoms with Gasteiger partial charge in [0, 0.05) is 24.5 Å². The molecule has 1 aromatic heterocycles. The van der Waals surface area contributed by atoms with Gasteiger partial charge in [-0.15, -0.1) is 0 Å². The van der Waals surface area contributed by atoms with E-state index in [1.165, 1.54) is 6.07 Å².